The molecule has 2 aromatic heterocycles. The number of carbonyl (C=O) groups is 2. The quantitative estimate of drug-likeness (QED) is 0.339. The van der Waals surface area contributed by atoms with Gasteiger partial charge in [0.2, 0.25) is 5.95 Å². The Morgan fingerprint density at radius 2 is 1.59 bits per heavy atom. The molecule has 0 spiro atoms. The molecule has 2 heterocycles. The van der Waals surface area contributed by atoms with Crippen LogP contribution in [0.25, 0.3) is 23.2 Å². The van der Waals surface area contributed by atoms with Gasteiger partial charge in [0.25, 0.3) is 0 Å². The van der Waals surface area contributed by atoms with Crippen LogP contribution >= 0.6 is 0 Å². The molecule has 0 bridgehead atoms. The summed E-state index contributed by atoms with van der Waals surface area (Å²) >= 11 is 0. The number of ether oxygens (including phenoxy) is 2. The first-order valence-electron chi connectivity index (χ1n) is 12.8. The molecule has 1 aromatic carbocycles. The molecule has 0 aliphatic rings. The second kappa shape index (κ2) is 12.2. The zero-order chi connectivity index (χ0) is 28.8. The van der Waals surface area contributed by atoms with Crippen LogP contribution in [0.1, 0.15) is 71.1 Å². The van der Waals surface area contributed by atoms with Crippen molar-refractivity contribution in [2.45, 2.75) is 78.2 Å². The molecule has 0 saturated carbocycles. The fourth-order valence-corrected chi connectivity index (χ4v) is 3.67. The molecule has 1 atom stereocenters. The van der Waals surface area contributed by atoms with E-state index in [-0.39, 0.29) is 30.6 Å². The number of fused-ring (bicyclic) bond motifs is 1. The van der Waals surface area contributed by atoms with Gasteiger partial charge in [0.05, 0.1) is 5.39 Å². The second-order valence-corrected chi connectivity index (χ2v) is 11.3. The molecular weight excluding hydrogens is 496 g/mol. The van der Waals surface area contributed by atoms with Crippen LogP contribution in [0, 0.1) is 0 Å². The van der Waals surface area contributed by atoms with Crippen molar-refractivity contribution in [2.75, 3.05) is 11.5 Å². The van der Waals surface area contributed by atoms with Crippen LogP contribution < -0.4 is 16.8 Å². The Bertz CT molecular complexity index is 1340. The van der Waals surface area contributed by atoms with Crippen molar-refractivity contribution in [3.05, 3.63) is 53.2 Å². The highest BCUT2D eigenvalue weighted by Gasteiger charge is 2.26. The summed E-state index contributed by atoms with van der Waals surface area (Å²) in [6.07, 6.45) is 5.94. The van der Waals surface area contributed by atoms with Crippen molar-refractivity contribution in [3.63, 3.8) is 0 Å². The summed E-state index contributed by atoms with van der Waals surface area (Å²) in [7, 11) is 0. The fourth-order valence-electron chi connectivity index (χ4n) is 3.67. The monoisotopic (exact) mass is 534 g/mol. The first kappa shape index (κ1) is 29.5. The number of hydrogen-bond donors (Lipinski definition) is 3. The molecule has 0 saturated heterocycles. The van der Waals surface area contributed by atoms with E-state index in [9.17, 15) is 9.59 Å². The molecule has 0 amide bonds. The van der Waals surface area contributed by atoms with E-state index in [1.165, 1.54) is 0 Å². The number of carbonyl (C=O) groups excluding carboxylic acids is 2. The van der Waals surface area contributed by atoms with Gasteiger partial charge in [-0.2, -0.15) is 9.97 Å². The third kappa shape index (κ3) is 9.64. The summed E-state index contributed by atoms with van der Waals surface area (Å²) < 4.78 is 10.9. The van der Waals surface area contributed by atoms with Crippen LogP contribution in [-0.4, -0.2) is 44.1 Å². The van der Waals surface area contributed by atoms with Gasteiger partial charge in [-0.25, -0.2) is 4.98 Å². The Balaban J connectivity index is 1.63. The highest BCUT2D eigenvalue weighted by atomic mass is 16.6. The third-order valence-corrected chi connectivity index (χ3v) is 5.37. The molecule has 0 fully saturated rings. The van der Waals surface area contributed by atoms with Crippen LogP contribution in [0.3, 0.4) is 0 Å². The zero-order valence-corrected chi connectivity index (χ0v) is 23.4. The maximum Gasteiger partial charge on any atom is 0.323 e. The molecule has 10 nitrogen and oxygen atoms in total. The standard InChI is InChI=1S/C29H38N6O4/c1-28(2,3)38-23(36)14-13-22(26(37)39-29(4,5)6)32-16-19-10-7-18(8-11-19)9-12-20-15-21-24(30)34-27(31)35-25(21)33-17-20/h7-12,15,17,22,32H,13-14,16H2,1-6H3,(H4,30,31,33,34,35)/t22-/m0/s1. The normalized spacial score (nSPS) is 13.0. The number of pyridine rings is 1. The number of rotatable bonds is 9. The Kier molecular flexibility index (Phi) is 9.24. The van der Waals surface area contributed by atoms with Gasteiger partial charge in [-0.1, -0.05) is 36.4 Å². The Morgan fingerprint density at radius 3 is 2.23 bits per heavy atom. The molecule has 0 unspecified atom stereocenters. The molecule has 5 N–H and O–H groups in total. The summed E-state index contributed by atoms with van der Waals surface area (Å²) in [4.78, 5) is 37.4. The third-order valence-electron chi connectivity index (χ3n) is 5.37. The van der Waals surface area contributed by atoms with Gasteiger partial charge in [0.1, 0.15) is 23.1 Å². The number of esters is 2. The van der Waals surface area contributed by atoms with Crippen LogP contribution in [0.4, 0.5) is 11.8 Å². The molecule has 10 heteroatoms. The average molecular weight is 535 g/mol. The first-order chi connectivity index (χ1) is 18.2. The number of benzene rings is 1. The predicted molar refractivity (Wildman–Crippen MR) is 153 cm³/mol. The Hall–Kier alpha value is -4.05. The van der Waals surface area contributed by atoms with E-state index in [1.54, 1.807) is 6.20 Å². The van der Waals surface area contributed by atoms with E-state index in [0.29, 0.717) is 17.6 Å². The number of hydrogen-bond acceptors (Lipinski definition) is 10. The van der Waals surface area contributed by atoms with Gasteiger partial charge >= 0.3 is 11.9 Å². The second-order valence-electron chi connectivity index (χ2n) is 11.3. The minimum Gasteiger partial charge on any atom is -0.460 e. The molecule has 3 aromatic rings. The number of nitrogen functional groups attached to an aromatic ring is 2. The summed E-state index contributed by atoms with van der Waals surface area (Å²) in [6, 6.07) is 9.11. The Morgan fingerprint density at radius 1 is 0.949 bits per heavy atom. The maximum atomic E-state index is 12.8. The molecule has 0 aliphatic heterocycles. The van der Waals surface area contributed by atoms with Crippen molar-refractivity contribution in [1.29, 1.82) is 0 Å². The van der Waals surface area contributed by atoms with Crippen molar-refractivity contribution in [2.24, 2.45) is 0 Å². The lowest BCUT2D eigenvalue weighted by molar-refractivity contribution is -0.158. The number of nitrogens with zero attached hydrogens (tertiary/aromatic N) is 3. The maximum absolute atomic E-state index is 12.8. The lowest BCUT2D eigenvalue weighted by Gasteiger charge is -2.25. The molecule has 3 rings (SSSR count). The molecule has 0 radical (unpaired) electrons. The van der Waals surface area contributed by atoms with Gasteiger partial charge in [0.15, 0.2) is 5.65 Å². The van der Waals surface area contributed by atoms with Gasteiger partial charge in [0, 0.05) is 19.2 Å². The van der Waals surface area contributed by atoms with Crippen LogP contribution in [0.15, 0.2) is 36.5 Å². The lowest BCUT2D eigenvalue weighted by atomic mass is 10.1. The molecule has 39 heavy (non-hydrogen) atoms. The molecule has 208 valence electrons. The number of nitrogens with one attached hydrogen (secondary N) is 1. The Labute approximate surface area is 229 Å². The summed E-state index contributed by atoms with van der Waals surface area (Å²) in [5, 5.41) is 3.88. The van der Waals surface area contributed by atoms with E-state index >= 15 is 0 Å². The zero-order valence-electron chi connectivity index (χ0n) is 23.4. The van der Waals surface area contributed by atoms with E-state index in [2.05, 4.69) is 20.3 Å². The van der Waals surface area contributed by atoms with Crippen molar-refractivity contribution < 1.29 is 19.1 Å². The van der Waals surface area contributed by atoms with E-state index < -0.39 is 23.2 Å². The van der Waals surface area contributed by atoms with Crippen LogP contribution in [0.5, 0.6) is 0 Å². The van der Waals surface area contributed by atoms with Gasteiger partial charge < -0.3 is 26.3 Å². The van der Waals surface area contributed by atoms with Gasteiger partial charge in [-0.3, -0.25) is 9.59 Å². The lowest BCUT2D eigenvalue weighted by Crippen LogP contribution is -2.41. The van der Waals surface area contributed by atoms with E-state index in [1.807, 2.05) is 84.0 Å². The summed E-state index contributed by atoms with van der Waals surface area (Å²) in [6.45, 7) is 11.3. The van der Waals surface area contributed by atoms with Crippen LogP contribution in [0.2, 0.25) is 0 Å². The predicted octanol–water partition coefficient (Wildman–Crippen LogP) is 4.28. The number of aromatic nitrogens is 3. The smallest absolute Gasteiger partial charge is 0.323 e. The number of anilines is 2. The van der Waals surface area contributed by atoms with Crippen molar-refractivity contribution >= 4 is 46.9 Å². The van der Waals surface area contributed by atoms with Gasteiger partial charge in [-0.15, -0.1) is 0 Å². The minimum absolute atomic E-state index is 0.0887. The summed E-state index contributed by atoms with van der Waals surface area (Å²) in [5.41, 5.74) is 13.6. The average Bonchev–Trinajstić information content (AvgIpc) is 2.81. The minimum atomic E-state index is -0.650. The van der Waals surface area contributed by atoms with Crippen LogP contribution in [-0.2, 0) is 25.6 Å². The fraction of sp³-hybridized carbons (Fsp3) is 0.414. The largest absolute Gasteiger partial charge is 0.460 e. The molecule has 0 aliphatic carbocycles. The van der Waals surface area contributed by atoms with Crippen molar-refractivity contribution in [3.8, 4) is 0 Å². The van der Waals surface area contributed by atoms with E-state index in [4.69, 9.17) is 20.9 Å². The van der Waals surface area contributed by atoms with Crippen molar-refractivity contribution in [1.82, 2.24) is 20.3 Å². The highest BCUT2D eigenvalue weighted by molar-refractivity contribution is 5.88. The topological polar surface area (TPSA) is 155 Å². The summed E-state index contributed by atoms with van der Waals surface area (Å²) in [5.74, 6) is -0.378. The highest BCUT2D eigenvalue weighted by Crippen LogP contribution is 2.20. The van der Waals surface area contributed by atoms with Gasteiger partial charge in [-0.05, 0) is 70.7 Å². The first-order valence-corrected chi connectivity index (χ1v) is 12.8. The molecular formula is C29H38N6O4. The SMILES string of the molecule is CC(C)(C)OC(=O)CC[C@H](NCc1ccc(C=Cc2cnc3nc(N)nc(N)c3c2)cc1)C(=O)OC(C)(C)C. The number of nitrogens with two attached hydrogens (primary N) is 2. The van der Waals surface area contributed by atoms with E-state index in [0.717, 1.165) is 16.7 Å².